The number of hydrogen-bond donors (Lipinski definition) is 1. The van der Waals surface area contributed by atoms with Gasteiger partial charge in [0.15, 0.2) is 5.58 Å². The van der Waals surface area contributed by atoms with Crippen molar-refractivity contribution in [2.45, 2.75) is 31.6 Å². The Morgan fingerprint density at radius 1 is 1.38 bits per heavy atom. The van der Waals surface area contributed by atoms with Crippen LogP contribution in [0.4, 0.5) is 13.2 Å². The molecule has 1 aliphatic heterocycles. The third-order valence-electron chi connectivity index (χ3n) is 3.81. The molecule has 4 nitrogen and oxygen atoms in total. The van der Waals surface area contributed by atoms with Crippen molar-refractivity contribution in [2.75, 3.05) is 13.2 Å². The van der Waals surface area contributed by atoms with Gasteiger partial charge in [-0.25, -0.2) is 4.98 Å². The van der Waals surface area contributed by atoms with Crippen molar-refractivity contribution in [3.63, 3.8) is 0 Å². The summed E-state index contributed by atoms with van der Waals surface area (Å²) in [5, 5.41) is 9.26. The van der Waals surface area contributed by atoms with E-state index in [0.717, 1.165) is 31.5 Å². The number of hydrogen-bond acceptors (Lipinski definition) is 4. The maximum atomic E-state index is 12.7. The SMILES string of the molecule is OCC1CCCN1Cc1nc2cc(C(F)(F)F)ccc2o1. The van der Waals surface area contributed by atoms with Crippen molar-refractivity contribution >= 4 is 11.1 Å². The quantitative estimate of drug-likeness (QED) is 0.947. The minimum Gasteiger partial charge on any atom is -0.439 e. The van der Waals surface area contributed by atoms with Crippen LogP contribution < -0.4 is 0 Å². The molecular weight excluding hydrogens is 285 g/mol. The van der Waals surface area contributed by atoms with Crippen molar-refractivity contribution in [1.82, 2.24) is 9.88 Å². The van der Waals surface area contributed by atoms with E-state index >= 15 is 0 Å². The molecule has 0 radical (unpaired) electrons. The third-order valence-corrected chi connectivity index (χ3v) is 3.81. The first-order chi connectivity index (χ1) is 9.97. The fourth-order valence-corrected chi connectivity index (χ4v) is 2.70. The molecule has 3 rings (SSSR count). The number of aromatic nitrogens is 1. The molecule has 1 unspecified atom stereocenters. The Morgan fingerprint density at radius 3 is 2.90 bits per heavy atom. The average Bonchev–Trinajstić information content (AvgIpc) is 3.02. The summed E-state index contributed by atoms with van der Waals surface area (Å²) in [5.74, 6) is 0.379. The van der Waals surface area contributed by atoms with Crippen LogP contribution in [0.5, 0.6) is 0 Å². The van der Waals surface area contributed by atoms with Crippen molar-refractivity contribution in [2.24, 2.45) is 0 Å². The maximum absolute atomic E-state index is 12.7. The van der Waals surface area contributed by atoms with Crippen LogP contribution in [0.1, 0.15) is 24.3 Å². The number of rotatable bonds is 3. The Hall–Kier alpha value is -1.60. The molecule has 0 aliphatic carbocycles. The van der Waals surface area contributed by atoms with Gasteiger partial charge in [-0.3, -0.25) is 4.90 Å². The highest BCUT2D eigenvalue weighted by molar-refractivity contribution is 5.73. The second-order valence-electron chi connectivity index (χ2n) is 5.24. The standard InChI is InChI=1S/C14H15F3N2O2/c15-14(16,17)9-3-4-12-11(6-9)18-13(21-12)7-19-5-1-2-10(19)8-20/h3-4,6,10,20H,1-2,5,7-8H2. The number of alkyl halides is 3. The Morgan fingerprint density at radius 2 is 2.19 bits per heavy atom. The molecule has 7 heteroatoms. The fraction of sp³-hybridized carbons (Fsp3) is 0.500. The highest BCUT2D eigenvalue weighted by atomic mass is 19.4. The van der Waals surface area contributed by atoms with Crippen LogP contribution in [0, 0.1) is 0 Å². The highest BCUT2D eigenvalue weighted by Gasteiger charge is 2.31. The second-order valence-corrected chi connectivity index (χ2v) is 5.24. The third kappa shape index (κ3) is 2.89. The zero-order valence-corrected chi connectivity index (χ0v) is 11.2. The molecule has 1 aromatic heterocycles. The van der Waals surface area contributed by atoms with Gasteiger partial charge in [-0.15, -0.1) is 0 Å². The van der Waals surface area contributed by atoms with Crippen molar-refractivity contribution in [3.8, 4) is 0 Å². The number of fused-ring (bicyclic) bond motifs is 1. The molecule has 0 bridgehead atoms. The van der Waals surface area contributed by atoms with E-state index in [4.69, 9.17) is 4.42 Å². The van der Waals surface area contributed by atoms with Gasteiger partial charge in [-0.1, -0.05) is 0 Å². The predicted octanol–water partition coefficient (Wildman–Crippen LogP) is 2.80. The summed E-state index contributed by atoms with van der Waals surface area (Å²) in [5.41, 5.74) is -0.179. The molecule has 21 heavy (non-hydrogen) atoms. The fourth-order valence-electron chi connectivity index (χ4n) is 2.70. The first-order valence-electron chi connectivity index (χ1n) is 6.79. The molecule has 0 amide bonds. The van der Waals surface area contributed by atoms with Gasteiger partial charge >= 0.3 is 6.18 Å². The van der Waals surface area contributed by atoms with Crippen molar-refractivity contribution in [1.29, 1.82) is 0 Å². The van der Waals surface area contributed by atoms with Gasteiger partial charge in [-0.2, -0.15) is 13.2 Å². The summed E-state index contributed by atoms with van der Waals surface area (Å²) in [6.07, 6.45) is -2.48. The van der Waals surface area contributed by atoms with Crippen LogP contribution >= 0.6 is 0 Å². The Bertz CT molecular complexity index is 639. The van der Waals surface area contributed by atoms with Gasteiger partial charge in [0.05, 0.1) is 18.7 Å². The highest BCUT2D eigenvalue weighted by Crippen LogP contribution is 2.31. The van der Waals surface area contributed by atoms with Crippen LogP contribution in [0.2, 0.25) is 0 Å². The smallest absolute Gasteiger partial charge is 0.416 e. The number of halogens is 3. The van der Waals surface area contributed by atoms with Crippen molar-refractivity contribution < 1.29 is 22.7 Å². The molecule has 2 heterocycles. The second kappa shape index (κ2) is 5.31. The number of nitrogens with zero attached hydrogens (tertiary/aromatic N) is 2. The zero-order valence-electron chi connectivity index (χ0n) is 11.2. The number of benzene rings is 1. The Balaban J connectivity index is 1.84. The summed E-state index contributed by atoms with van der Waals surface area (Å²) in [7, 11) is 0. The maximum Gasteiger partial charge on any atom is 0.416 e. The molecule has 114 valence electrons. The van der Waals surface area contributed by atoms with Gasteiger partial charge in [0.25, 0.3) is 0 Å². The summed E-state index contributed by atoms with van der Waals surface area (Å²) in [6.45, 7) is 1.30. The number of aliphatic hydroxyl groups is 1. The molecule has 0 spiro atoms. The van der Waals surface area contributed by atoms with Gasteiger partial charge in [0.1, 0.15) is 5.52 Å². The lowest BCUT2D eigenvalue weighted by Crippen LogP contribution is -2.31. The average molecular weight is 300 g/mol. The van der Waals surface area contributed by atoms with Crippen LogP contribution in [0.15, 0.2) is 22.6 Å². The van der Waals surface area contributed by atoms with Crippen LogP contribution in [0.3, 0.4) is 0 Å². The first kappa shape index (κ1) is 14.3. The van der Waals surface area contributed by atoms with E-state index in [0.29, 0.717) is 18.0 Å². The summed E-state index contributed by atoms with van der Waals surface area (Å²) < 4.78 is 43.4. The summed E-state index contributed by atoms with van der Waals surface area (Å²) >= 11 is 0. The van der Waals surface area contributed by atoms with Crippen molar-refractivity contribution in [3.05, 3.63) is 29.7 Å². The predicted molar refractivity (Wildman–Crippen MR) is 69.5 cm³/mol. The van der Waals surface area contributed by atoms with Crippen LogP contribution in [0.25, 0.3) is 11.1 Å². The lowest BCUT2D eigenvalue weighted by atomic mass is 10.2. The number of likely N-dealkylation sites (tertiary alicyclic amines) is 1. The lowest BCUT2D eigenvalue weighted by Gasteiger charge is -2.20. The molecule has 1 N–H and O–H groups in total. The Labute approximate surface area is 119 Å². The van der Waals surface area contributed by atoms with Gasteiger partial charge in [0.2, 0.25) is 5.89 Å². The molecule has 1 aromatic carbocycles. The number of aliphatic hydroxyl groups excluding tert-OH is 1. The van der Waals surface area contributed by atoms with Crippen LogP contribution in [-0.4, -0.2) is 34.2 Å². The lowest BCUT2D eigenvalue weighted by molar-refractivity contribution is -0.137. The molecule has 1 atom stereocenters. The molecular formula is C14H15F3N2O2. The van der Waals surface area contributed by atoms with E-state index in [1.165, 1.54) is 6.07 Å². The summed E-state index contributed by atoms with van der Waals surface area (Å²) in [4.78, 5) is 6.17. The first-order valence-corrected chi connectivity index (χ1v) is 6.79. The van der Waals surface area contributed by atoms with E-state index < -0.39 is 11.7 Å². The van der Waals surface area contributed by atoms with Crippen LogP contribution in [-0.2, 0) is 12.7 Å². The van der Waals surface area contributed by atoms with E-state index in [1.54, 1.807) is 0 Å². The topological polar surface area (TPSA) is 49.5 Å². The molecule has 2 aromatic rings. The normalized spacial score (nSPS) is 20.5. The molecule has 0 saturated carbocycles. The summed E-state index contributed by atoms with van der Waals surface area (Å²) in [6, 6.07) is 3.35. The van der Waals surface area contributed by atoms with E-state index in [-0.39, 0.29) is 18.2 Å². The van der Waals surface area contributed by atoms with Gasteiger partial charge < -0.3 is 9.52 Å². The molecule has 1 aliphatic rings. The zero-order chi connectivity index (χ0) is 15.0. The van der Waals surface area contributed by atoms with E-state index in [9.17, 15) is 18.3 Å². The largest absolute Gasteiger partial charge is 0.439 e. The Kier molecular flexibility index (Phi) is 3.62. The minimum absolute atomic E-state index is 0.0679. The molecule has 1 fully saturated rings. The number of oxazole rings is 1. The minimum atomic E-state index is -4.38. The molecule has 1 saturated heterocycles. The van der Waals surface area contributed by atoms with E-state index in [1.807, 2.05) is 4.90 Å². The van der Waals surface area contributed by atoms with Gasteiger partial charge in [-0.05, 0) is 37.6 Å². The van der Waals surface area contributed by atoms with Gasteiger partial charge in [0, 0.05) is 6.04 Å². The van der Waals surface area contributed by atoms with E-state index in [2.05, 4.69) is 4.98 Å². The monoisotopic (exact) mass is 300 g/mol.